The summed E-state index contributed by atoms with van der Waals surface area (Å²) in [6.07, 6.45) is 8.94. The molecule has 5 atom stereocenters. The number of nitrogens with zero attached hydrogens (tertiary/aromatic N) is 3. The van der Waals surface area contributed by atoms with Gasteiger partial charge in [-0.1, -0.05) is 63.3 Å². The third-order valence-corrected chi connectivity index (χ3v) is 10.5. The fraction of sp³-hybridized carbons (Fsp3) is 0.581. The Hall–Kier alpha value is -2.58. The van der Waals surface area contributed by atoms with Gasteiger partial charge in [0.2, 0.25) is 17.7 Å². The van der Waals surface area contributed by atoms with Crippen molar-refractivity contribution < 1.29 is 19.5 Å². The molecule has 8 heteroatoms. The Morgan fingerprint density at radius 2 is 1.59 bits per heavy atom. The normalized spacial score (nSPS) is 32.7. The molecule has 1 aromatic carbocycles. The van der Waals surface area contributed by atoms with Crippen molar-refractivity contribution in [2.24, 2.45) is 17.3 Å². The van der Waals surface area contributed by atoms with E-state index in [9.17, 15) is 19.5 Å². The first kappa shape index (κ1) is 28.0. The molecule has 0 radical (unpaired) electrons. The second-order valence-corrected chi connectivity index (χ2v) is 15.1. The van der Waals surface area contributed by atoms with Crippen LogP contribution in [0.4, 0.5) is 5.69 Å². The van der Waals surface area contributed by atoms with Crippen LogP contribution in [0.15, 0.2) is 54.6 Å². The maximum atomic E-state index is 14.6. The number of benzene rings is 1. The minimum absolute atomic E-state index is 0.00279. The molecule has 5 rings (SSSR count). The second kappa shape index (κ2) is 9.51. The minimum atomic E-state index is -0.908. The zero-order valence-electron chi connectivity index (χ0n) is 23.9. The first-order valence-electron chi connectivity index (χ1n) is 13.9. The van der Waals surface area contributed by atoms with Crippen molar-refractivity contribution in [3.8, 4) is 0 Å². The molecule has 7 nitrogen and oxygen atoms in total. The smallest absolute Gasteiger partial charge is 0.247 e. The first-order chi connectivity index (χ1) is 18.3. The fourth-order valence-electron chi connectivity index (χ4n) is 7.65. The summed E-state index contributed by atoms with van der Waals surface area (Å²) >= 11 is 1.58. The average Bonchev–Trinajstić information content (AvgIpc) is 3.09. The fourth-order valence-corrected chi connectivity index (χ4v) is 9.80. The van der Waals surface area contributed by atoms with Gasteiger partial charge in [0.25, 0.3) is 0 Å². The van der Waals surface area contributed by atoms with E-state index >= 15 is 0 Å². The summed E-state index contributed by atoms with van der Waals surface area (Å²) in [4.78, 5) is 48.4. The third-order valence-electron chi connectivity index (χ3n) is 8.66. The van der Waals surface area contributed by atoms with Crippen LogP contribution in [0.2, 0.25) is 0 Å². The number of carbonyl (C=O) groups is 3. The molecule has 1 unspecified atom stereocenters. The van der Waals surface area contributed by atoms with E-state index in [0.29, 0.717) is 13.1 Å². The second-order valence-electron chi connectivity index (χ2n) is 13.3. The number of hydrogen-bond acceptors (Lipinski definition) is 5. The van der Waals surface area contributed by atoms with Crippen LogP contribution in [0.25, 0.3) is 0 Å². The van der Waals surface area contributed by atoms with E-state index in [2.05, 4.69) is 40.7 Å². The van der Waals surface area contributed by atoms with Crippen molar-refractivity contribution in [1.29, 1.82) is 0 Å². The quantitative estimate of drug-likeness (QED) is 0.562. The van der Waals surface area contributed by atoms with Gasteiger partial charge in [-0.3, -0.25) is 14.4 Å². The van der Waals surface area contributed by atoms with Gasteiger partial charge in [-0.2, -0.15) is 0 Å². The molecule has 210 valence electrons. The van der Waals surface area contributed by atoms with Crippen LogP contribution in [0.1, 0.15) is 48.0 Å². The SMILES string of the molecule is CC(C)(C)CC(C)(C)N1CC=C[C@]23S[C@@]4(C)C=CCN(c5ccccc5)C(=O)[C@H]4[C@H]2C(=O)N(CCO)C3C1=O. The number of β-amino-alcohol motifs (C(OH)–C–C–N with tert-alkyl or cyclic N) is 1. The number of hydrogen-bond donors (Lipinski definition) is 1. The highest BCUT2D eigenvalue weighted by Gasteiger charge is 2.74. The molecule has 1 spiro atoms. The first-order valence-corrected chi connectivity index (χ1v) is 14.7. The lowest BCUT2D eigenvalue weighted by molar-refractivity contribution is -0.146. The van der Waals surface area contributed by atoms with Gasteiger partial charge in [0, 0.05) is 35.6 Å². The Morgan fingerprint density at radius 3 is 2.23 bits per heavy atom. The molecule has 2 saturated heterocycles. The van der Waals surface area contributed by atoms with Crippen molar-refractivity contribution in [3.05, 3.63) is 54.6 Å². The Labute approximate surface area is 236 Å². The molecule has 4 aliphatic heterocycles. The van der Waals surface area contributed by atoms with Crippen molar-refractivity contribution >= 4 is 35.2 Å². The highest BCUT2D eigenvalue weighted by atomic mass is 32.2. The summed E-state index contributed by atoms with van der Waals surface area (Å²) in [7, 11) is 0. The number of aliphatic hydroxyl groups excluding tert-OH is 1. The molecule has 3 amide bonds. The molecule has 39 heavy (non-hydrogen) atoms. The Morgan fingerprint density at radius 1 is 0.923 bits per heavy atom. The number of carbonyl (C=O) groups excluding carboxylic acids is 3. The minimum Gasteiger partial charge on any atom is -0.395 e. The predicted octanol–water partition coefficient (Wildman–Crippen LogP) is 3.88. The van der Waals surface area contributed by atoms with Crippen LogP contribution in [0, 0.1) is 17.3 Å². The van der Waals surface area contributed by atoms with Crippen LogP contribution in [-0.2, 0) is 14.4 Å². The van der Waals surface area contributed by atoms with E-state index in [1.54, 1.807) is 21.6 Å². The van der Waals surface area contributed by atoms with Crippen molar-refractivity contribution in [3.63, 3.8) is 0 Å². The maximum absolute atomic E-state index is 14.6. The van der Waals surface area contributed by atoms with E-state index < -0.39 is 32.9 Å². The lowest BCUT2D eigenvalue weighted by Crippen LogP contribution is -2.59. The molecule has 0 aliphatic carbocycles. The standard InChI is InChI=1S/C31H41N3O4S/c1-28(2,3)20-29(4,5)34-17-11-15-31-23(26(37)33(18-19-35)24(31)27(34)38)22-25(36)32(21-12-8-7-9-13-21)16-10-14-30(22,6)39-31/h7-15,22-24,35H,16-20H2,1-6H3/t22-,23+,24?,30+,31+/m1/s1. The van der Waals surface area contributed by atoms with Gasteiger partial charge in [-0.05, 0) is 44.7 Å². The average molecular weight is 552 g/mol. The largest absolute Gasteiger partial charge is 0.395 e. The Balaban J connectivity index is 1.61. The zero-order valence-corrected chi connectivity index (χ0v) is 24.7. The van der Waals surface area contributed by atoms with Crippen molar-refractivity contribution in [1.82, 2.24) is 9.80 Å². The third kappa shape index (κ3) is 4.44. The van der Waals surface area contributed by atoms with Gasteiger partial charge in [-0.15, -0.1) is 11.8 Å². The molecule has 4 heterocycles. The van der Waals surface area contributed by atoms with E-state index in [4.69, 9.17) is 0 Å². The van der Waals surface area contributed by atoms with Crippen LogP contribution in [0.5, 0.6) is 0 Å². The highest BCUT2D eigenvalue weighted by Crippen LogP contribution is 2.65. The molecule has 0 aromatic heterocycles. The van der Waals surface area contributed by atoms with Gasteiger partial charge in [0.1, 0.15) is 6.04 Å². The summed E-state index contributed by atoms with van der Waals surface area (Å²) in [6.45, 7) is 13.4. The molecule has 4 aliphatic rings. The number of anilines is 1. The predicted molar refractivity (Wildman–Crippen MR) is 155 cm³/mol. The number of amides is 3. The summed E-state index contributed by atoms with van der Waals surface area (Å²) in [5, 5.41) is 9.97. The summed E-state index contributed by atoms with van der Waals surface area (Å²) in [5.41, 5.74) is 0.338. The van der Waals surface area contributed by atoms with Gasteiger partial charge in [-0.25, -0.2) is 0 Å². The number of para-hydroxylation sites is 1. The molecule has 0 bridgehead atoms. The lowest BCUT2D eigenvalue weighted by atomic mass is 9.74. The highest BCUT2D eigenvalue weighted by molar-refractivity contribution is 8.02. The summed E-state index contributed by atoms with van der Waals surface area (Å²) in [6, 6.07) is 8.75. The zero-order chi connectivity index (χ0) is 28.4. The monoisotopic (exact) mass is 551 g/mol. The molecule has 1 N–H and O–H groups in total. The topological polar surface area (TPSA) is 81.2 Å². The number of aliphatic hydroxyl groups is 1. The maximum Gasteiger partial charge on any atom is 0.247 e. The Bertz CT molecular complexity index is 1220. The number of likely N-dealkylation sites (tertiary alicyclic amines) is 1. The van der Waals surface area contributed by atoms with E-state index in [0.717, 1.165) is 12.1 Å². The van der Waals surface area contributed by atoms with Crippen LogP contribution < -0.4 is 4.90 Å². The molecule has 2 fully saturated rings. The van der Waals surface area contributed by atoms with Crippen molar-refractivity contribution in [2.45, 2.75) is 69.0 Å². The molecule has 0 saturated carbocycles. The van der Waals surface area contributed by atoms with E-state index in [1.165, 1.54) is 0 Å². The van der Waals surface area contributed by atoms with Gasteiger partial charge >= 0.3 is 0 Å². The van der Waals surface area contributed by atoms with Crippen LogP contribution in [-0.4, -0.2) is 79.9 Å². The van der Waals surface area contributed by atoms with Gasteiger partial charge in [0.05, 0.1) is 23.2 Å². The Kier molecular flexibility index (Phi) is 6.82. The van der Waals surface area contributed by atoms with Crippen LogP contribution in [0.3, 0.4) is 0 Å². The van der Waals surface area contributed by atoms with Crippen LogP contribution >= 0.6 is 11.8 Å². The van der Waals surface area contributed by atoms with Gasteiger partial charge < -0.3 is 19.8 Å². The molecular formula is C31H41N3O4S. The summed E-state index contributed by atoms with van der Waals surface area (Å²) < 4.78 is -1.57. The van der Waals surface area contributed by atoms with E-state index in [-0.39, 0.29) is 36.3 Å². The molecular weight excluding hydrogens is 510 g/mol. The molecule has 1 aromatic rings. The van der Waals surface area contributed by atoms with E-state index in [1.807, 2.05) is 60.4 Å². The number of thioether (sulfide) groups is 1. The summed E-state index contributed by atoms with van der Waals surface area (Å²) in [5.74, 6) is -1.79. The number of fused-ring (bicyclic) bond motifs is 2. The lowest BCUT2D eigenvalue weighted by Gasteiger charge is -2.44. The van der Waals surface area contributed by atoms with Crippen molar-refractivity contribution in [2.75, 3.05) is 31.1 Å². The number of rotatable bonds is 5. The van der Waals surface area contributed by atoms with Gasteiger partial charge in [0.15, 0.2) is 0 Å².